The van der Waals surface area contributed by atoms with Crippen molar-refractivity contribution in [1.82, 2.24) is 4.90 Å². The van der Waals surface area contributed by atoms with Gasteiger partial charge in [0.05, 0.1) is 11.1 Å². The fourth-order valence-corrected chi connectivity index (χ4v) is 4.69. The number of benzene rings is 3. The largest absolute Gasteiger partial charge is 0.478 e. The second-order valence-corrected chi connectivity index (χ2v) is 9.21. The zero-order valence-corrected chi connectivity index (χ0v) is 19.5. The van der Waals surface area contributed by atoms with Crippen LogP contribution in [0.3, 0.4) is 0 Å². The van der Waals surface area contributed by atoms with E-state index in [1.165, 1.54) is 0 Å². The minimum absolute atomic E-state index is 0.202. The Labute approximate surface area is 204 Å². The van der Waals surface area contributed by atoms with E-state index < -0.39 is 0 Å². The van der Waals surface area contributed by atoms with E-state index >= 15 is 0 Å². The molecule has 0 bridgehead atoms. The molecule has 2 aliphatic rings. The van der Waals surface area contributed by atoms with Gasteiger partial charge >= 0.3 is 0 Å². The lowest BCUT2D eigenvalue weighted by Crippen LogP contribution is -2.31. The molecule has 0 saturated carbocycles. The number of hydrogen-bond donors (Lipinski definition) is 0. The molecule has 3 aromatic carbocycles. The fourth-order valence-electron chi connectivity index (χ4n) is 3.76. The lowest BCUT2D eigenvalue weighted by molar-refractivity contribution is 0.0873. The molecule has 162 valence electrons. The van der Waals surface area contributed by atoms with Crippen LogP contribution in [0.4, 0.5) is 0 Å². The highest BCUT2D eigenvalue weighted by molar-refractivity contribution is 6.36. The SMILES string of the molecule is O=C1/C(=C/c2ccc(Cl)cc2Cl)Oc2c1ccc1c2CN(Cc2ccc(Cl)cc2Cl)CO1. The molecule has 0 saturated heterocycles. The Morgan fingerprint density at radius 1 is 0.938 bits per heavy atom. The number of nitrogens with zero attached hydrogens (tertiary/aromatic N) is 1. The van der Waals surface area contributed by atoms with Gasteiger partial charge in [0.1, 0.15) is 18.2 Å². The Hall–Kier alpha value is -2.21. The number of ether oxygens (including phenoxy) is 2. The molecular weight excluding hydrogens is 492 g/mol. The number of ketones is 1. The predicted molar refractivity (Wildman–Crippen MR) is 127 cm³/mol. The van der Waals surface area contributed by atoms with Crippen molar-refractivity contribution in [2.45, 2.75) is 13.1 Å². The van der Waals surface area contributed by atoms with Crippen molar-refractivity contribution in [2.75, 3.05) is 6.73 Å². The average Bonchev–Trinajstić information content (AvgIpc) is 3.08. The third-order valence-corrected chi connectivity index (χ3v) is 6.49. The number of rotatable bonds is 3. The molecule has 2 aliphatic heterocycles. The van der Waals surface area contributed by atoms with Crippen LogP contribution in [-0.4, -0.2) is 17.4 Å². The molecule has 8 heteroatoms. The van der Waals surface area contributed by atoms with Gasteiger partial charge in [-0.25, -0.2) is 0 Å². The van der Waals surface area contributed by atoms with Crippen molar-refractivity contribution < 1.29 is 14.3 Å². The van der Waals surface area contributed by atoms with E-state index in [9.17, 15) is 4.79 Å². The molecule has 32 heavy (non-hydrogen) atoms. The summed E-state index contributed by atoms with van der Waals surface area (Å²) in [4.78, 5) is 15.0. The molecule has 0 amide bonds. The Morgan fingerprint density at radius 2 is 1.69 bits per heavy atom. The van der Waals surface area contributed by atoms with Crippen molar-refractivity contribution in [3.63, 3.8) is 0 Å². The quantitative estimate of drug-likeness (QED) is 0.350. The molecule has 4 nitrogen and oxygen atoms in total. The van der Waals surface area contributed by atoms with E-state index in [0.29, 0.717) is 62.5 Å². The Kier molecular flexibility index (Phi) is 5.82. The first-order chi connectivity index (χ1) is 15.4. The Bertz CT molecular complexity index is 1290. The zero-order valence-electron chi connectivity index (χ0n) is 16.5. The summed E-state index contributed by atoms with van der Waals surface area (Å²) in [5.41, 5.74) is 2.90. The van der Waals surface area contributed by atoms with Crippen LogP contribution in [0.15, 0.2) is 54.3 Å². The summed E-state index contributed by atoms with van der Waals surface area (Å²) in [6, 6.07) is 14.0. The predicted octanol–water partition coefficient (Wildman–Crippen LogP) is 7.27. The topological polar surface area (TPSA) is 38.8 Å². The first-order valence-electron chi connectivity index (χ1n) is 9.73. The standard InChI is InChI=1S/C24H15Cl4NO3/c25-15-3-1-13(19(27)8-15)7-22-23(30)17-5-6-21-18(24(17)32-22)11-29(12-31-21)10-14-2-4-16(26)9-20(14)28/h1-9H,10-12H2/b22-7-. The number of carbonyl (C=O) groups is 1. The minimum atomic E-state index is -0.202. The number of allylic oxidation sites excluding steroid dienone is 1. The lowest BCUT2D eigenvalue weighted by Gasteiger charge is -2.30. The van der Waals surface area contributed by atoms with Gasteiger partial charge in [-0.2, -0.15) is 0 Å². The fraction of sp³-hybridized carbons (Fsp3) is 0.125. The van der Waals surface area contributed by atoms with Crippen LogP contribution in [0.1, 0.15) is 27.0 Å². The van der Waals surface area contributed by atoms with Gasteiger partial charge in [0, 0.05) is 33.2 Å². The van der Waals surface area contributed by atoms with Gasteiger partial charge < -0.3 is 9.47 Å². The molecule has 5 rings (SSSR count). The van der Waals surface area contributed by atoms with Gasteiger partial charge in [-0.1, -0.05) is 58.5 Å². The van der Waals surface area contributed by atoms with Crippen LogP contribution in [0.5, 0.6) is 11.5 Å². The highest BCUT2D eigenvalue weighted by atomic mass is 35.5. The highest BCUT2D eigenvalue weighted by Crippen LogP contribution is 2.42. The maximum Gasteiger partial charge on any atom is 0.231 e. The van der Waals surface area contributed by atoms with Gasteiger partial charge in [0.15, 0.2) is 5.76 Å². The molecule has 0 unspecified atom stereocenters. The van der Waals surface area contributed by atoms with Crippen molar-refractivity contribution in [3.8, 4) is 11.5 Å². The first-order valence-corrected chi connectivity index (χ1v) is 11.2. The summed E-state index contributed by atoms with van der Waals surface area (Å²) in [7, 11) is 0. The van der Waals surface area contributed by atoms with Gasteiger partial charge in [0.25, 0.3) is 0 Å². The van der Waals surface area contributed by atoms with E-state index in [2.05, 4.69) is 4.90 Å². The minimum Gasteiger partial charge on any atom is -0.478 e. The molecule has 2 heterocycles. The van der Waals surface area contributed by atoms with E-state index in [0.717, 1.165) is 11.1 Å². The van der Waals surface area contributed by atoms with Crippen LogP contribution < -0.4 is 9.47 Å². The smallest absolute Gasteiger partial charge is 0.231 e. The zero-order chi connectivity index (χ0) is 22.4. The number of hydrogen-bond acceptors (Lipinski definition) is 4. The van der Waals surface area contributed by atoms with Crippen molar-refractivity contribution in [1.29, 1.82) is 0 Å². The number of carbonyl (C=O) groups excluding carboxylic acids is 1. The van der Waals surface area contributed by atoms with Crippen molar-refractivity contribution in [2.24, 2.45) is 0 Å². The van der Waals surface area contributed by atoms with Crippen molar-refractivity contribution in [3.05, 3.63) is 96.6 Å². The normalized spacial score (nSPS) is 16.5. The Morgan fingerprint density at radius 3 is 2.44 bits per heavy atom. The summed E-state index contributed by atoms with van der Waals surface area (Å²) in [6.07, 6.45) is 1.63. The molecule has 3 aromatic rings. The van der Waals surface area contributed by atoms with Crippen LogP contribution >= 0.6 is 46.4 Å². The van der Waals surface area contributed by atoms with Crippen LogP contribution in [0.25, 0.3) is 6.08 Å². The second kappa shape index (κ2) is 8.62. The number of halogens is 4. The van der Waals surface area contributed by atoms with Crippen molar-refractivity contribution >= 4 is 58.3 Å². The van der Waals surface area contributed by atoms with Crippen LogP contribution in [0.2, 0.25) is 20.1 Å². The van der Waals surface area contributed by atoms with Crippen LogP contribution in [-0.2, 0) is 13.1 Å². The van der Waals surface area contributed by atoms with Gasteiger partial charge in [-0.05, 0) is 53.6 Å². The third-order valence-electron chi connectivity index (χ3n) is 5.34. The Balaban J connectivity index is 1.43. The van der Waals surface area contributed by atoms with E-state index in [1.807, 2.05) is 6.07 Å². The molecule has 0 N–H and O–H groups in total. The summed E-state index contributed by atoms with van der Waals surface area (Å²) in [5, 5.41) is 2.14. The average molecular weight is 507 g/mol. The monoisotopic (exact) mass is 505 g/mol. The summed E-state index contributed by atoms with van der Waals surface area (Å²) in [6.45, 7) is 1.50. The molecule has 0 spiro atoms. The molecule has 0 aliphatic carbocycles. The highest BCUT2D eigenvalue weighted by Gasteiger charge is 2.33. The first kappa shape index (κ1) is 21.6. The third kappa shape index (κ3) is 4.09. The van der Waals surface area contributed by atoms with Crippen LogP contribution in [0, 0.1) is 0 Å². The number of Topliss-reactive ketones (excluding diaryl/α,β-unsaturated/α-hetero) is 1. The summed E-state index contributed by atoms with van der Waals surface area (Å²) >= 11 is 24.6. The molecule has 0 atom stereocenters. The van der Waals surface area contributed by atoms with Gasteiger partial charge in [-0.15, -0.1) is 0 Å². The molecule has 0 radical (unpaired) electrons. The molecular formula is C24H15Cl4NO3. The maximum absolute atomic E-state index is 13.0. The van der Waals surface area contributed by atoms with Gasteiger partial charge in [-0.3, -0.25) is 9.69 Å². The maximum atomic E-state index is 13.0. The van der Waals surface area contributed by atoms with E-state index in [-0.39, 0.29) is 11.5 Å². The number of fused-ring (bicyclic) bond motifs is 3. The lowest BCUT2D eigenvalue weighted by atomic mass is 10.0. The summed E-state index contributed by atoms with van der Waals surface area (Å²) < 4.78 is 11.9. The molecule has 0 aromatic heterocycles. The van der Waals surface area contributed by atoms with E-state index in [1.54, 1.807) is 48.5 Å². The second-order valence-electron chi connectivity index (χ2n) is 7.52. The van der Waals surface area contributed by atoms with E-state index in [4.69, 9.17) is 55.9 Å². The molecule has 0 fully saturated rings. The van der Waals surface area contributed by atoms with Gasteiger partial charge in [0.2, 0.25) is 5.78 Å². The summed E-state index contributed by atoms with van der Waals surface area (Å²) in [5.74, 6) is 1.21.